The Labute approximate surface area is 171 Å². The van der Waals surface area contributed by atoms with E-state index in [4.69, 9.17) is 9.72 Å². The fourth-order valence-electron chi connectivity index (χ4n) is 3.51. The van der Waals surface area contributed by atoms with Gasteiger partial charge >= 0.3 is 0 Å². The van der Waals surface area contributed by atoms with Gasteiger partial charge in [0.2, 0.25) is 16.0 Å². The second-order valence-corrected chi connectivity index (χ2v) is 9.11. The van der Waals surface area contributed by atoms with Crippen LogP contribution in [0.2, 0.25) is 0 Å². The number of rotatable bonds is 5. The number of pyridine rings is 1. The molecule has 0 radical (unpaired) electrons. The number of aromatic amines is 1. The summed E-state index contributed by atoms with van der Waals surface area (Å²) in [5.74, 6) is 1.40. The lowest BCUT2D eigenvalue weighted by Gasteiger charge is -2.21. The SMILES string of the molecule is CCS(=O)(=O)N1CCCN(c2nccc(-c3c[nH]c4ncc(OC)cc34)n2)CC1.[HH]. The minimum absolute atomic E-state index is 0. The summed E-state index contributed by atoms with van der Waals surface area (Å²) in [5, 5.41) is 0.921. The van der Waals surface area contributed by atoms with Crippen molar-refractivity contribution < 1.29 is 14.6 Å². The molecule has 0 aliphatic carbocycles. The van der Waals surface area contributed by atoms with Gasteiger partial charge in [-0.05, 0) is 25.5 Å². The second-order valence-electron chi connectivity index (χ2n) is 6.86. The van der Waals surface area contributed by atoms with Crippen LogP contribution in [0.5, 0.6) is 5.75 Å². The number of H-pyrrole nitrogens is 1. The molecule has 0 atom stereocenters. The van der Waals surface area contributed by atoms with Crippen molar-refractivity contribution in [1.29, 1.82) is 0 Å². The van der Waals surface area contributed by atoms with Gasteiger partial charge in [-0.25, -0.2) is 27.7 Å². The van der Waals surface area contributed by atoms with Crippen molar-refractivity contribution in [2.75, 3.05) is 43.9 Å². The summed E-state index contributed by atoms with van der Waals surface area (Å²) in [7, 11) is -1.57. The molecular formula is C19H26N6O3S. The Morgan fingerprint density at radius 2 is 2.10 bits per heavy atom. The largest absolute Gasteiger partial charge is 0.495 e. The Morgan fingerprint density at radius 3 is 2.90 bits per heavy atom. The van der Waals surface area contributed by atoms with Gasteiger partial charge in [-0.3, -0.25) is 0 Å². The molecule has 29 heavy (non-hydrogen) atoms. The highest BCUT2D eigenvalue weighted by molar-refractivity contribution is 7.89. The van der Waals surface area contributed by atoms with Crippen LogP contribution >= 0.6 is 0 Å². The predicted octanol–water partition coefficient (Wildman–Crippen LogP) is 2.14. The topological polar surface area (TPSA) is 104 Å². The predicted molar refractivity (Wildman–Crippen MR) is 114 cm³/mol. The maximum atomic E-state index is 12.2. The molecule has 0 aromatic carbocycles. The number of anilines is 1. The number of hydrogen-bond donors (Lipinski definition) is 1. The zero-order valence-corrected chi connectivity index (χ0v) is 17.3. The lowest BCUT2D eigenvalue weighted by atomic mass is 10.1. The van der Waals surface area contributed by atoms with Gasteiger partial charge in [-0.2, -0.15) is 0 Å². The quantitative estimate of drug-likeness (QED) is 0.677. The van der Waals surface area contributed by atoms with E-state index in [1.54, 1.807) is 30.7 Å². The van der Waals surface area contributed by atoms with Crippen LogP contribution in [0.1, 0.15) is 14.8 Å². The number of nitrogens with zero attached hydrogens (tertiary/aromatic N) is 5. The van der Waals surface area contributed by atoms with Crippen LogP contribution in [0, 0.1) is 0 Å². The highest BCUT2D eigenvalue weighted by Crippen LogP contribution is 2.29. The molecule has 3 aromatic heterocycles. The minimum Gasteiger partial charge on any atom is -0.495 e. The van der Waals surface area contributed by atoms with Crippen molar-refractivity contribution in [3.05, 3.63) is 30.7 Å². The van der Waals surface area contributed by atoms with Gasteiger partial charge in [-0.15, -0.1) is 0 Å². The Kier molecular flexibility index (Phi) is 5.37. The fraction of sp³-hybridized carbons (Fsp3) is 0.421. The van der Waals surface area contributed by atoms with Gasteiger partial charge in [-0.1, -0.05) is 0 Å². The minimum atomic E-state index is -3.18. The normalized spacial score (nSPS) is 16.1. The van der Waals surface area contributed by atoms with Crippen LogP contribution in [0.25, 0.3) is 22.3 Å². The lowest BCUT2D eigenvalue weighted by molar-refractivity contribution is 0.414. The molecule has 10 heteroatoms. The first-order chi connectivity index (χ1) is 14.0. The molecule has 3 aromatic rings. The van der Waals surface area contributed by atoms with Crippen LogP contribution in [0.15, 0.2) is 30.7 Å². The number of hydrogen-bond acceptors (Lipinski definition) is 7. The Bertz CT molecular complexity index is 1120. The van der Waals surface area contributed by atoms with Gasteiger partial charge in [0, 0.05) is 50.9 Å². The average molecular weight is 419 g/mol. The molecule has 0 unspecified atom stereocenters. The molecule has 1 N–H and O–H groups in total. The standard InChI is InChI=1S/C19H24N6O3S.H2/c1-3-29(26,27)25-8-4-7-24(9-10-25)19-20-6-5-17(23-19)16-13-22-18-15(16)11-14(28-2)12-21-18;/h5-6,11-13H,3-4,7-10H2,1-2H3,(H,21,22);1H. The zero-order chi connectivity index (χ0) is 20.4. The van der Waals surface area contributed by atoms with E-state index in [9.17, 15) is 8.42 Å². The van der Waals surface area contributed by atoms with Crippen molar-refractivity contribution in [3.8, 4) is 17.0 Å². The van der Waals surface area contributed by atoms with E-state index in [0.29, 0.717) is 37.9 Å². The Hall–Kier alpha value is -2.72. The highest BCUT2D eigenvalue weighted by Gasteiger charge is 2.24. The van der Waals surface area contributed by atoms with Gasteiger partial charge in [0.15, 0.2) is 0 Å². The fourth-order valence-corrected chi connectivity index (χ4v) is 4.65. The summed E-state index contributed by atoms with van der Waals surface area (Å²) in [4.78, 5) is 18.8. The van der Waals surface area contributed by atoms with Gasteiger partial charge in [0.25, 0.3) is 0 Å². The van der Waals surface area contributed by atoms with Crippen LogP contribution in [-0.4, -0.2) is 71.7 Å². The van der Waals surface area contributed by atoms with Crippen molar-refractivity contribution >= 4 is 27.0 Å². The number of aromatic nitrogens is 4. The van der Waals surface area contributed by atoms with Crippen molar-refractivity contribution in [3.63, 3.8) is 0 Å². The summed E-state index contributed by atoms with van der Waals surface area (Å²) >= 11 is 0. The first-order valence-corrected chi connectivity index (χ1v) is 11.2. The molecule has 0 spiro atoms. The van der Waals surface area contributed by atoms with Crippen LogP contribution in [0.3, 0.4) is 0 Å². The van der Waals surface area contributed by atoms with Crippen molar-refractivity contribution in [1.82, 2.24) is 24.2 Å². The van der Waals surface area contributed by atoms with Crippen LogP contribution in [0.4, 0.5) is 5.95 Å². The van der Waals surface area contributed by atoms with Crippen LogP contribution in [-0.2, 0) is 10.0 Å². The molecule has 4 heterocycles. The number of nitrogens with one attached hydrogen (secondary N) is 1. The van der Waals surface area contributed by atoms with E-state index in [-0.39, 0.29) is 7.18 Å². The zero-order valence-electron chi connectivity index (χ0n) is 16.5. The van der Waals surface area contributed by atoms with E-state index < -0.39 is 10.0 Å². The molecule has 4 rings (SSSR count). The first kappa shape index (κ1) is 19.6. The summed E-state index contributed by atoms with van der Waals surface area (Å²) in [5.41, 5.74) is 2.45. The van der Waals surface area contributed by atoms with E-state index >= 15 is 0 Å². The third kappa shape index (κ3) is 3.90. The van der Waals surface area contributed by atoms with Crippen LogP contribution < -0.4 is 9.64 Å². The third-order valence-corrected chi connectivity index (χ3v) is 7.04. The van der Waals surface area contributed by atoms with Crippen molar-refractivity contribution in [2.45, 2.75) is 13.3 Å². The van der Waals surface area contributed by atoms with E-state index in [1.165, 1.54) is 0 Å². The van der Waals surface area contributed by atoms with Gasteiger partial charge in [0.1, 0.15) is 11.4 Å². The third-order valence-electron chi connectivity index (χ3n) is 5.16. The average Bonchev–Trinajstić information content (AvgIpc) is 3.00. The Balaban J connectivity index is 0.00000256. The molecule has 1 fully saturated rings. The number of methoxy groups -OCH3 is 1. The number of ether oxygens (including phenoxy) is 1. The molecule has 156 valence electrons. The van der Waals surface area contributed by atoms with Gasteiger partial charge < -0.3 is 14.6 Å². The maximum Gasteiger partial charge on any atom is 0.225 e. The molecule has 1 aliphatic rings. The molecule has 1 aliphatic heterocycles. The van der Waals surface area contributed by atoms with Gasteiger partial charge in [0.05, 0.1) is 24.8 Å². The Morgan fingerprint density at radius 1 is 1.24 bits per heavy atom. The van der Waals surface area contributed by atoms with E-state index in [2.05, 4.69) is 15.0 Å². The summed E-state index contributed by atoms with van der Waals surface area (Å²) in [6.07, 6.45) is 6.01. The summed E-state index contributed by atoms with van der Waals surface area (Å²) in [6, 6.07) is 3.78. The second kappa shape index (κ2) is 7.96. The van der Waals surface area contributed by atoms with Crippen molar-refractivity contribution in [2.24, 2.45) is 0 Å². The monoisotopic (exact) mass is 418 g/mol. The maximum absolute atomic E-state index is 12.2. The number of sulfonamides is 1. The highest BCUT2D eigenvalue weighted by atomic mass is 32.2. The molecular weight excluding hydrogens is 392 g/mol. The van der Waals surface area contributed by atoms with E-state index in [1.807, 2.05) is 23.2 Å². The summed E-state index contributed by atoms with van der Waals surface area (Å²) in [6.45, 7) is 3.92. The smallest absolute Gasteiger partial charge is 0.225 e. The lowest BCUT2D eigenvalue weighted by Crippen LogP contribution is -2.36. The number of fused-ring (bicyclic) bond motifs is 1. The molecule has 0 amide bonds. The molecule has 9 nitrogen and oxygen atoms in total. The molecule has 1 saturated heterocycles. The van der Waals surface area contributed by atoms with E-state index in [0.717, 1.165) is 28.7 Å². The molecule has 0 saturated carbocycles. The first-order valence-electron chi connectivity index (χ1n) is 9.59. The molecule has 0 bridgehead atoms. The summed E-state index contributed by atoms with van der Waals surface area (Å²) < 4.78 is 31.2.